The zero-order valence-corrected chi connectivity index (χ0v) is 48.7. The smallest absolute Gasteiger partial charge is 0.416 e. The number of benzene rings is 5. The van der Waals surface area contributed by atoms with Gasteiger partial charge in [-0.1, -0.05) is 88.8 Å². The Kier molecular flexibility index (Phi) is 23.0. The van der Waals surface area contributed by atoms with Gasteiger partial charge in [-0.3, -0.25) is 14.4 Å². The Labute approximate surface area is 489 Å². The van der Waals surface area contributed by atoms with Crippen LogP contribution in [0.4, 0.5) is 45.2 Å². The zero-order valence-electron chi connectivity index (χ0n) is 47.1. The normalized spacial score (nSPS) is 14.6. The summed E-state index contributed by atoms with van der Waals surface area (Å²) in [6.45, 7) is 4.40. The molecule has 0 aliphatic carbocycles. The molecule has 7 rings (SSSR count). The summed E-state index contributed by atoms with van der Waals surface area (Å²) in [5, 5.41) is 7.74. The minimum atomic E-state index is -4.71. The standard InChI is InChI=1S/C64H70ClF9N3O6P/c1-3-4-5-6-7-8-9-10-11-12-14-19-58(78)75-47-27-35-53(56(65)39-47)55-41-60(80)83-57-40-49(28-36-54(55)57)82-43(2)61(81)77-37-17-18-48(42-77)76-59(79)20-15-13-16-38-84(50-29-21-44(22-30-50)62(66,67)68,51-31-23-45(24-32-51)63(69,70)71)52-33-25-46(26-34-52)64(72,73)74/h21-36,39-41,43,48H,3-20,37-38,42H2,1-2H3,(H-,75,76,78,79,80)/p+1/t43-,48-/m1/s1. The number of unbranched alkanes of at least 4 members (excludes halogenated alkanes) is 12. The molecule has 5 aromatic carbocycles. The molecule has 2 atom stereocenters. The third-order valence-corrected chi connectivity index (χ3v) is 20.2. The van der Waals surface area contributed by atoms with E-state index in [0.29, 0.717) is 88.2 Å². The maximum Gasteiger partial charge on any atom is 0.416 e. The van der Waals surface area contributed by atoms with Crippen LogP contribution in [0.25, 0.3) is 22.1 Å². The fourth-order valence-corrected chi connectivity index (χ4v) is 15.5. The van der Waals surface area contributed by atoms with Gasteiger partial charge in [-0.05, 0) is 143 Å². The second kappa shape index (κ2) is 29.6. The topological polar surface area (TPSA) is 118 Å². The number of nitrogens with one attached hydrogen (secondary N) is 2. The van der Waals surface area contributed by atoms with Crippen LogP contribution in [0.2, 0.25) is 5.02 Å². The van der Waals surface area contributed by atoms with Gasteiger partial charge in [0.15, 0.2) is 6.10 Å². The van der Waals surface area contributed by atoms with Crippen LogP contribution in [0.15, 0.2) is 124 Å². The van der Waals surface area contributed by atoms with E-state index in [1.807, 2.05) is 0 Å². The predicted octanol–water partition coefficient (Wildman–Crippen LogP) is 16.2. The van der Waals surface area contributed by atoms with Gasteiger partial charge in [0.05, 0.1) is 27.9 Å². The number of carbonyl (C=O) groups excluding carboxylic acids is 3. The van der Waals surface area contributed by atoms with Crippen LogP contribution in [0.1, 0.15) is 146 Å². The summed E-state index contributed by atoms with van der Waals surface area (Å²) in [4.78, 5) is 54.4. The first kappa shape index (κ1) is 65.2. The summed E-state index contributed by atoms with van der Waals surface area (Å²) in [5.41, 5.74) is -1.82. The molecule has 2 N–H and O–H groups in total. The Morgan fingerprint density at radius 1 is 0.631 bits per heavy atom. The van der Waals surface area contributed by atoms with E-state index in [9.17, 15) is 58.7 Å². The van der Waals surface area contributed by atoms with Crippen LogP contribution in [-0.4, -0.2) is 54.0 Å². The van der Waals surface area contributed by atoms with Crippen LogP contribution in [0.3, 0.4) is 0 Å². The lowest BCUT2D eigenvalue weighted by Crippen LogP contribution is -2.52. The summed E-state index contributed by atoms with van der Waals surface area (Å²) in [6.07, 6.45) is 0.688. The molecule has 1 aromatic heterocycles. The predicted molar refractivity (Wildman–Crippen MR) is 314 cm³/mol. The Hall–Kier alpha value is -6.39. The number of ether oxygens (including phenoxy) is 1. The van der Waals surface area contributed by atoms with Crippen molar-refractivity contribution in [3.05, 3.63) is 147 Å². The van der Waals surface area contributed by atoms with Crippen LogP contribution >= 0.6 is 18.9 Å². The molecule has 1 fully saturated rings. The van der Waals surface area contributed by atoms with E-state index in [0.717, 1.165) is 55.7 Å². The maximum absolute atomic E-state index is 13.8. The van der Waals surface area contributed by atoms with Crippen molar-refractivity contribution in [3.63, 3.8) is 0 Å². The van der Waals surface area contributed by atoms with E-state index < -0.39 is 60.3 Å². The minimum Gasteiger partial charge on any atom is -0.481 e. The highest BCUT2D eigenvalue weighted by atomic mass is 35.5. The molecule has 0 saturated carbocycles. The van der Waals surface area contributed by atoms with Crippen molar-refractivity contribution in [3.8, 4) is 16.9 Å². The van der Waals surface area contributed by atoms with Gasteiger partial charge in [-0.2, -0.15) is 39.5 Å². The highest BCUT2D eigenvalue weighted by molar-refractivity contribution is 7.95. The molecule has 1 aliphatic heterocycles. The minimum absolute atomic E-state index is 0.0469. The van der Waals surface area contributed by atoms with Gasteiger partial charge in [-0.15, -0.1) is 0 Å². The second-order valence-corrected chi connectivity index (χ2v) is 25.6. The van der Waals surface area contributed by atoms with Crippen molar-refractivity contribution in [2.45, 2.75) is 160 Å². The van der Waals surface area contributed by atoms with Crippen LogP contribution < -0.4 is 36.9 Å². The molecule has 1 aliphatic rings. The lowest BCUT2D eigenvalue weighted by atomic mass is 10.0. The van der Waals surface area contributed by atoms with E-state index in [2.05, 4.69) is 17.6 Å². The first-order valence-corrected chi connectivity index (χ1v) is 31.2. The molecule has 0 radical (unpaired) electrons. The highest BCUT2D eigenvalue weighted by Gasteiger charge is 2.47. The first-order valence-electron chi connectivity index (χ1n) is 28.8. The summed E-state index contributed by atoms with van der Waals surface area (Å²) in [5.74, 6) is -0.499. The Morgan fingerprint density at radius 3 is 1.64 bits per heavy atom. The molecule has 9 nitrogen and oxygen atoms in total. The van der Waals surface area contributed by atoms with Crippen LogP contribution in [0, 0.1) is 0 Å². The molecule has 1 saturated heterocycles. The van der Waals surface area contributed by atoms with Gasteiger partial charge in [0, 0.05) is 66.3 Å². The molecular formula is C64H71ClF9N3O6P+. The lowest BCUT2D eigenvalue weighted by Gasteiger charge is -2.34. The molecule has 0 spiro atoms. The molecule has 6 aromatic rings. The number of amides is 3. The quantitative estimate of drug-likeness (QED) is 0.0230. The molecule has 452 valence electrons. The number of carbonyl (C=O) groups is 3. The SMILES string of the molecule is CCCCCCCCCCCCCC(=O)Nc1ccc(-c2cc(=O)oc3cc(O[C@H](C)C(=O)N4CCC[C@@H](NC(=O)CCCCC[P+](c5ccc(C(F)(F)F)cc5)(c5ccc(C(F)(F)F)cc5)c5ccc(C(F)(F)F)cc5)C4)ccc23)c(Cl)c1. The third-order valence-electron chi connectivity index (χ3n) is 15.3. The molecule has 0 bridgehead atoms. The van der Waals surface area contributed by atoms with Gasteiger partial charge in [0.1, 0.15) is 34.5 Å². The van der Waals surface area contributed by atoms with Crippen molar-refractivity contribution >= 4 is 69.2 Å². The number of hydrogen-bond acceptors (Lipinski definition) is 6. The number of nitrogens with zero attached hydrogens (tertiary/aromatic N) is 1. The molecule has 84 heavy (non-hydrogen) atoms. The van der Waals surface area contributed by atoms with Crippen molar-refractivity contribution in [1.82, 2.24) is 10.2 Å². The first-order chi connectivity index (χ1) is 40.0. The number of likely N-dealkylation sites (tertiary alicyclic amines) is 1. The number of fused-ring (bicyclic) bond motifs is 1. The van der Waals surface area contributed by atoms with E-state index in [-0.39, 0.29) is 48.2 Å². The summed E-state index contributed by atoms with van der Waals surface area (Å²) >= 11 is 6.77. The Morgan fingerprint density at radius 2 is 1.13 bits per heavy atom. The number of alkyl halides is 9. The van der Waals surface area contributed by atoms with E-state index in [1.54, 1.807) is 42.2 Å². The van der Waals surface area contributed by atoms with Gasteiger partial charge < -0.3 is 24.7 Å². The molecule has 2 heterocycles. The highest BCUT2D eigenvalue weighted by Crippen LogP contribution is 2.57. The fourth-order valence-electron chi connectivity index (χ4n) is 10.9. The largest absolute Gasteiger partial charge is 0.481 e. The molecule has 3 amide bonds. The van der Waals surface area contributed by atoms with Crippen molar-refractivity contribution in [1.29, 1.82) is 0 Å². The lowest BCUT2D eigenvalue weighted by molar-refractivity contribution is -0.140. The van der Waals surface area contributed by atoms with Crippen molar-refractivity contribution in [2.75, 3.05) is 24.6 Å². The Bertz CT molecular complexity index is 3070. The van der Waals surface area contributed by atoms with Crippen molar-refractivity contribution < 1.29 is 63.1 Å². The monoisotopic (exact) mass is 1210 g/mol. The number of rotatable bonds is 27. The van der Waals surface area contributed by atoms with Crippen molar-refractivity contribution in [2.24, 2.45) is 0 Å². The molecule has 0 unspecified atom stereocenters. The molecule has 20 heteroatoms. The number of hydrogen-bond donors (Lipinski definition) is 2. The van der Waals surface area contributed by atoms with E-state index >= 15 is 0 Å². The number of anilines is 1. The maximum atomic E-state index is 13.8. The average molecular weight is 1220 g/mol. The molecular weight excluding hydrogens is 1140 g/mol. The van der Waals surface area contributed by atoms with Gasteiger partial charge >= 0.3 is 24.2 Å². The summed E-state index contributed by atoms with van der Waals surface area (Å²) in [7, 11) is -3.23. The third kappa shape index (κ3) is 17.8. The number of halogens is 10. The Balaban J connectivity index is 0.922. The summed E-state index contributed by atoms with van der Waals surface area (Å²) in [6, 6.07) is 23.3. The van der Waals surface area contributed by atoms with Gasteiger partial charge in [0.2, 0.25) is 11.8 Å². The van der Waals surface area contributed by atoms with Gasteiger partial charge in [0.25, 0.3) is 5.91 Å². The second-order valence-electron chi connectivity index (χ2n) is 21.6. The zero-order chi connectivity index (χ0) is 60.7. The van der Waals surface area contributed by atoms with Crippen LogP contribution in [0.5, 0.6) is 5.75 Å². The van der Waals surface area contributed by atoms with E-state index in [1.165, 1.54) is 99.9 Å². The van der Waals surface area contributed by atoms with Gasteiger partial charge in [-0.25, -0.2) is 4.79 Å². The number of piperidine rings is 1. The van der Waals surface area contributed by atoms with E-state index in [4.69, 9.17) is 20.8 Å². The fraction of sp³-hybridized carbons (Fsp3) is 0.438. The van der Waals surface area contributed by atoms with Crippen LogP contribution in [-0.2, 0) is 32.9 Å². The summed E-state index contributed by atoms with van der Waals surface area (Å²) < 4.78 is 135. The average Bonchev–Trinajstić information content (AvgIpc) is 1.93.